The minimum Gasteiger partial charge on any atom is -0.550 e. The molecule has 125 heavy (non-hydrogen) atoms. The smallest absolute Gasteiger partial charge is 0.550 e. The molecular formula is C81H100Br2ClF18I2N8NaO11S. The first-order valence-corrected chi connectivity index (χ1v) is 43.0. The van der Waals surface area contributed by atoms with Gasteiger partial charge in [0.05, 0.1) is 24.8 Å². The number of aryl methyl sites for hydroxylation is 1. The second-order valence-corrected chi connectivity index (χ2v) is 32.0. The number of aliphatic hydroxyl groups excluding tert-OH is 1. The van der Waals surface area contributed by atoms with E-state index in [4.69, 9.17) is 14.7 Å². The number of aromatic amines is 1. The Morgan fingerprint density at radius 3 is 1.14 bits per heavy atom. The van der Waals surface area contributed by atoms with E-state index in [1.165, 1.54) is 43.7 Å². The van der Waals surface area contributed by atoms with E-state index in [9.17, 15) is 112 Å². The molecule has 0 amide bonds. The second-order valence-electron chi connectivity index (χ2n) is 23.7. The SMILES string of the molecule is C.C.C.CC(=O)[O-].CCCCI.CCCCI.CCCCn1c(-c2ccccc2)nc(C(F)(F)F)c1C=O.CCCCn1c(-c2ccccc2)nc(C(F)(F)F)c1CO.CCCCn1cc(C(F)(F)F)nc1-c1ccccc1.CS(=O)(=O)Cl.FC(F)(F)c1cnc(-c2ccccc2)[nH]1.O.O=C(C(Br)Br)C(F)(F)F.O=CC(=O)C(F)(F)F.O=Cc1ccccc1.[Na+]. The van der Waals surface area contributed by atoms with Gasteiger partial charge in [0.2, 0.25) is 9.05 Å². The maximum Gasteiger partial charge on any atom is 1.00 e. The number of Topliss-reactive ketones (excluding diaryl/α,β-unsaturated/α-hetero) is 2. The summed E-state index contributed by atoms with van der Waals surface area (Å²) < 4.78 is 244. The number of halogens is 23. The van der Waals surface area contributed by atoms with Gasteiger partial charge in [-0.3, -0.25) is 24.0 Å². The van der Waals surface area contributed by atoms with E-state index in [1.54, 1.807) is 132 Å². The summed E-state index contributed by atoms with van der Waals surface area (Å²) in [4.78, 5) is 75.5. The number of rotatable bonds is 22. The zero-order valence-corrected chi connectivity index (χ0v) is 77.6. The number of aromatic nitrogens is 8. The van der Waals surface area contributed by atoms with Gasteiger partial charge < -0.3 is 39.2 Å². The van der Waals surface area contributed by atoms with Crippen molar-refractivity contribution in [2.24, 2.45) is 0 Å². The number of aliphatic carboxylic acids is 1. The van der Waals surface area contributed by atoms with Crippen molar-refractivity contribution in [2.45, 2.75) is 195 Å². The number of carbonyl (C=O) groups is 6. The van der Waals surface area contributed by atoms with Crippen molar-refractivity contribution in [3.63, 3.8) is 0 Å². The summed E-state index contributed by atoms with van der Waals surface area (Å²) in [7, 11) is 1.31. The van der Waals surface area contributed by atoms with Crippen LogP contribution in [0.2, 0.25) is 0 Å². The molecule has 0 spiro atoms. The first-order chi connectivity index (χ1) is 55.9. The first kappa shape index (κ1) is 131. The fraction of sp³-hybridized carbons (Fsp3) is 0.407. The molecule has 0 aliphatic heterocycles. The fourth-order valence-electron chi connectivity index (χ4n) is 8.45. The van der Waals surface area contributed by atoms with Crippen molar-refractivity contribution in [1.82, 2.24) is 38.6 Å². The summed E-state index contributed by atoms with van der Waals surface area (Å²) in [5.41, 5.74) is -1.12. The zero-order chi connectivity index (χ0) is 92.3. The van der Waals surface area contributed by atoms with Crippen molar-refractivity contribution in [3.05, 3.63) is 204 Å². The number of carboxylic acids is 1. The Hall–Kier alpha value is -6.92. The predicted molar refractivity (Wildman–Crippen MR) is 467 cm³/mol. The number of ketones is 2. The summed E-state index contributed by atoms with van der Waals surface area (Å²) in [6.45, 7) is 11.9. The van der Waals surface area contributed by atoms with Crippen LogP contribution in [0.25, 0.3) is 45.6 Å². The molecule has 0 fully saturated rings. The topological polar surface area (TPSA) is 293 Å². The quantitative estimate of drug-likeness (QED) is 0.0121. The number of carbonyl (C=O) groups excluding carboxylic acids is 6. The van der Waals surface area contributed by atoms with Gasteiger partial charge in [-0.1, -0.05) is 318 Å². The van der Waals surface area contributed by atoms with Crippen LogP contribution in [0.3, 0.4) is 0 Å². The van der Waals surface area contributed by atoms with Gasteiger partial charge in [-0.15, -0.1) is 0 Å². The molecule has 698 valence electrons. The van der Waals surface area contributed by atoms with Crippen LogP contribution < -0.4 is 34.7 Å². The molecule has 0 bridgehead atoms. The molecular weight excluding hydrogens is 2110 g/mol. The van der Waals surface area contributed by atoms with Gasteiger partial charge in [0, 0.05) is 70.3 Å². The van der Waals surface area contributed by atoms with E-state index < -0.39 is 109 Å². The molecule has 0 unspecified atom stereocenters. The van der Waals surface area contributed by atoms with Crippen molar-refractivity contribution < 1.29 is 161 Å². The number of alkyl halides is 22. The van der Waals surface area contributed by atoms with Crippen LogP contribution in [0.5, 0.6) is 0 Å². The minimum absolute atomic E-state index is 0. The largest absolute Gasteiger partial charge is 1.00 e. The summed E-state index contributed by atoms with van der Waals surface area (Å²) >= 11 is 9.62. The summed E-state index contributed by atoms with van der Waals surface area (Å²) in [6.07, 6.45) is -14.4. The van der Waals surface area contributed by atoms with Crippen LogP contribution in [-0.4, -0.2) is 125 Å². The van der Waals surface area contributed by atoms with Crippen LogP contribution in [0, 0.1) is 0 Å². The average Bonchev–Trinajstić information content (AvgIpc) is 1.64. The van der Waals surface area contributed by atoms with E-state index in [1.807, 2.05) is 45.0 Å². The number of nitrogens with one attached hydrogen (secondary N) is 1. The van der Waals surface area contributed by atoms with Crippen LogP contribution >= 0.6 is 87.7 Å². The summed E-state index contributed by atoms with van der Waals surface area (Å²) in [6, 6.07) is 44.0. The average molecular weight is 2210 g/mol. The molecule has 9 aromatic rings. The Morgan fingerprint density at radius 1 is 0.528 bits per heavy atom. The van der Waals surface area contributed by atoms with Gasteiger partial charge in [-0.25, -0.2) is 28.4 Å². The number of hydrogen-bond donors (Lipinski definition) is 2. The van der Waals surface area contributed by atoms with E-state index in [0.717, 1.165) is 69.5 Å². The van der Waals surface area contributed by atoms with E-state index in [2.05, 4.69) is 126 Å². The number of aldehydes is 3. The third kappa shape index (κ3) is 56.2. The van der Waals surface area contributed by atoms with Crippen molar-refractivity contribution in [2.75, 3.05) is 15.1 Å². The molecule has 0 radical (unpaired) electrons. The number of aliphatic hydroxyl groups is 1. The zero-order valence-electron chi connectivity index (χ0n) is 66.6. The molecule has 0 saturated carbocycles. The molecule has 0 aliphatic rings. The fourth-order valence-corrected chi connectivity index (χ4v) is 10.5. The number of hydrogen-bond acceptors (Lipinski definition) is 14. The monoisotopic (exact) mass is 2200 g/mol. The van der Waals surface area contributed by atoms with Gasteiger partial charge in [0.25, 0.3) is 11.6 Å². The van der Waals surface area contributed by atoms with E-state index in [-0.39, 0.29) is 86.8 Å². The third-order valence-corrected chi connectivity index (χ3v) is 16.3. The van der Waals surface area contributed by atoms with Crippen molar-refractivity contribution >= 4 is 133 Å². The molecule has 4 heterocycles. The number of H-pyrrole nitrogens is 1. The maximum absolute atomic E-state index is 13.1. The Balaban J connectivity index is -0.000000255. The minimum atomic E-state index is -5.00. The Labute approximate surface area is 786 Å². The summed E-state index contributed by atoms with van der Waals surface area (Å²) in [5, 5.41) is 18.3. The number of imidazole rings is 4. The van der Waals surface area contributed by atoms with Gasteiger partial charge in [-0.05, 0) is 47.9 Å². The van der Waals surface area contributed by atoms with E-state index >= 15 is 0 Å². The Kier molecular flexibility index (Phi) is 71.6. The van der Waals surface area contributed by atoms with E-state index in [0.29, 0.717) is 54.1 Å². The number of benzene rings is 5. The molecule has 0 saturated heterocycles. The van der Waals surface area contributed by atoms with Crippen LogP contribution in [0.15, 0.2) is 164 Å². The predicted octanol–water partition coefficient (Wildman–Crippen LogP) is 21.0. The second kappa shape index (κ2) is 68.2. The first-order valence-electron chi connectivity index (χ1n) is 35.4. The van der Waals surface area contributed by atoms with Crippen molar-refractivity contribution in [1.29, 1.82) is 0 Å². The standard InChI is InChI=1S/C15H17F3N2O.C15H15F3N2O.C14H15F3N2.C10H7F3N2.C7H6O.2C4H9I.C3HBr2F3O.C3HF3O2.C2H4O2.CH3ClO2S.3CH4.Na.H2O/c2*1-2-3-9-20-12(10-21)13(15(16,17)18)19-14(20)11-7-5-4-6-8-11;1-2-3-9-19-10-12(14(15,16)17)18-13(19)11-7-5-4-6-8-11;11-10(12,13)8-6-14-9(15-8)7-4-2-1-3-5-7;8-6-7-4-2-1-3-5-7;2*1-2-3-4-5;4-2(5)1(9)3(6,7)8;4-3(5,6)2(8)1-7;1-2(3)4;1-5(2,3)4;;;;;/h4-8,21H,2-3,9-10H2,1H3;4-8,10H,2-3,9H2,1H3;4-8,10H,2-3,9H2,1H3;1-6H,(H,14,15);1-6H;2*2-4H2,1H3;2H;1H;1H3,(H,3,4);1H3;3*1H4;;1H2/q;;;;;;;;;;;;;;+1;/p-1. The third-order valence-electron chi connectivity index (χ3n) is 14.0. The molecule has 0 aliphatic carbocycles. The Bertz CT molecular complexity index is 4480. The molecule has 5 aromatic carbocycles. The van der Waals surface area contributed by atoms with Crippen LogP contribution in [-0.2, 0) is 79.2 Å². The number of nitrogens with zero attached hydrogens (tertiary/aromatic N) is 7. The summed E-state index contributed by atoms with van der Waals surface area (Å²) in [5.74, 6) is -4.23. The molecule has 0 atom stereocenters. The normalized spacial score (nSPS) is 10.6. The molecule has 44 heteroatoms. The molecule has 9 rings (SSSR count). The van der Waals surface area contributed by atoms with Crippen LogP contribution in [0.4, 0.5) is 79.0 Å². The molecule has 19 nitrogen and oxygen atoms in total. The number of carboxylic acid groups (broad SMARTS) is 1. The van der Waals surface area contributed by atoms with Crippen LogP contribution in [0.1, 0.15) is 177 Å². The van der Waals surface area contributed by atoms with Crippen molar-refractivity contribution in [3.8, 4) is 45.6 Å². The van der Waals surface area contributed by atoms with Gasteiger partial charge in [-0.2, -0.15) is 79.0 Å². The van der Waals surface area contributed by atoms with Gasteiger partial charge in [0.1, 0.15) is 44.7 Å². The molecule has 4 N–H and O–H groups in total. The molecule has 4 aromatic heterocycles. The Morgan fingerprint density at radius 2 is 0.872 bits per heavy atom. The maximum atomic E-state index is 13.1. The van der Waals surface area contributed by atoms with Gasteiger partial charge in [0.15, 0.2) is 29.7 Å². The number of unbranched alkanes of at least 4 members (excludes halogenated alkanes) is 5. The van der Waals surface area contributed by atoms with Gasteiger partial charge >= 0.3 is 66.6 Å².